The van der Waals surface area contributed by atoms with E-state index >= 15 is 0 Å². The number of hydrogen-bond acceptors (Lipinski definition) is 7. The first-order chi connectivity index (χ1) is 14.8. The van der Waals surface area contributed by atoms with E-state index in [1.54, 1.807) is 13.2 Å². The van der Waals surface area contributed by atoms with Crippen LogP contribution in [0.3, 0.4) is 0 Å². The molecule has 0 bridgehead atoms. The zero-order valence-corrected chi connectivity index (χ0v) is 18.4. The second-order valence-electron chi connectivity index (χ2n) is 6.47. The molecule has 1 aromatic heterocycles. The number of rotatable bonds is 9. The van der Waals surface area contributed by atoms with E-state index in [1.165, 1.54) is 0 Å². The smallest absolute Gasteiger partial charge is 0.240 e. The molecule has 0 fully saturated rings. The van der Waals surface area contributed by atoms with Crippen molar-refractivity contribution in [2.24, 2.45) is 0 Å². The number of aryl methyl sites for hydroxylation is 1. The van der Waals surface area contributed by atoms with Crippen LogP contribution in [0.2, 0.25) is 5.02 Å². The lowest BCUT2D eigenvalue weighted by Gasteiger charge is -2.11. The molecule has 3 aromatic rings. The molecule has 0 aliphatic heterocycles. The number of nitrogens with one attached hydrogen (secondary N) is 3. The van der Waals surface area contributed by atoms with Crippen LogP contribution >= 0.6 is 11.6 Å². The second-order valence-corrected chi connectivity index (χ2v) is 8.65. The molecule has 1 heterocycles. The van der Waals surface area contributed by atoms with Crippen LogP contribution in [-0.4, -0.2) is 38.6 Å². The summed E-state index contributed by atoms with van der Waals surface area (Å²) in [5.74, 6) is 0.997. The van der Waals surface area contributed by atoms with Crippen LogP contribution in [-0.2, 0) is 10.0 Å². The summed E-state index contributed by atoms with van der Waals surface area (Å²) in [5, 5.41) is 5.90. The van der Waals surface area contributed by atoms with Gasteiger partial charge in [-0.25, -0.2) is 22.5 Å². The molecule has 3 N–H and O–H groups in total. The fraction of sp³-hybridized carbons (Fsp3) is 0.200. The van der Waals surface area contributed by atoms with E-state index in [4.69, 9.17) is 16.3 Å². The van der Waals surface area contributed by atoms with Crippen LogP contribution < -0.4 is 20.1 Å². The minimum atomic E-state index is -3.82. The molecule has 31 heavy (non-hydrogen) atoms. The Morgan fingerprint density at radius 2 is 1.81 bits per heavy atom. The summed E-state index contributed by atoms with van der Waals surface area (Å²) in [4.78, 5) is 8.57. The maximum atomic E-state index is 13.2. The van der Waals surface area contributed by atoms with Gasteiger partial charge >= 0.3 is 0 Å². The maximum absolute atomic E-state index is 13.2. The van der Waals surface area contributed by atoms with Gasteiger partial charge in [-0.05, 0) is 49.4 Å². The van der Waals surface area contributed by atoms with Gasteiger partial charge in [0.1, 0.15) is 17.4 Å². The quantitative estimate of drug-likeness (QED) is 0.413. The lowest BCUT2D eigenvalue weighted by molar-refractivity contribution is 0.415. The van der Waals surface area contributed by atoms with Gasteiger partial charge in [-0.2, -0.15) is 4.98 Å². The summed E-state index contributed by atoms with van der Waals surface area (Å²) >= 11 is 5.66. The molecule has 0 saturated carbocycles. The Balaban J connectivity index is 1.58. The van der Waals surface area contributed by atoms with Crippen molar-refractivity contribution in [2.75, 3.05) is 30.8 Å². The number of methoxy groups -OCH3 is 1. The number of ether oxygens (including phenoxy) is 1. The van der Waals surface area contributed by atoms with Crippen LogP contribution in [0.1, 0.15) is 5.69 Å². The van der Waals surface area contributed by atoms with E-state index < -0.39 is 15.8 Å². The third-order valence-electron chi connectivity index (χ3n) is 4.12. The van der Waals surface area contributed by atoms with E-state index in [2.05, 4.69) is 25.3 Å². The number of sulfonamides is 1. The van der Waals surface area contributed by atoms with E-state index in [0.717, 1.165) is 35.3 Å². The molecule has 0 saturated heterocycles. The summed E-state index contributed by atoms with van der Waals surface area (Å²) in [6.45, 7) is 2.13. The molecule has 0 aliphatic rings. The summed E-state index contributed by atoms with van der Waals surface area (Å²) < 4.78 is 45.4. The molecule has 3 rings (SSSR count). The third-order valence-corrected chi connectivity index (χ3v) is 5.87. The van der Waals surface area contributed by atoms with Crippen molar-refractivity contribution in [1.82, 2.24) is 14.7 Å². The normalized spacial score (nSPS) is 11.2. The average Bonchev–Trinajstić information content (AvgIpc) is 2.73. The molecule has 0 amide bonds. The zero-order chi connectivity index (χ0) is 22.4. The molecule has 164 valence electrons. The van der Waals surface area contributed by atoms with Gasteiger partial charge < -0.3 is 15.4 Å². The van der Waals surface area contributed by atoms with Crippen molar-refractivity contribution < 1.29 is 17.5 Å². The van der Waals surface area contributed by atoms with Crippen LogP contribution in [0, 0.1) is 12.7 Å². The average molecular weight is 466 g/mol. The first kappa shape index (κ1) is 22.7. The second kappa shape index (κ2) is 9.90. The molecule has 2 aromatic carbocycles. The number of halogens is 2. The zero-order valence-electron chi connectivity index (χ0n) is 16.8. The lowest BCUT2D eigenvalue weighted by atomic mass is 10.3. The van der Waals surface area contributed by atoms with Gasteiger partial charge in [-0.15, -0.1) is 0 Å². The van der Waals surface area contributed by atoms with E-state index in [1.807, 2.05) is 31.2 Å². The Kier molecular flexibility index (Phi) is 7.26. The molecular formula is C20H21ClFN5O3S. The summed E-state index contributed by atoms with van der Waals surface area (Å²) in [6, 6.07) is 12.4. The molecule has 0 atom stereocenters. The SMILES string of the molecule is COc1ccc(Nc2cc(C)nc(NCCNS(=O)(=O)c3ccc(F)c(Cl)c3)n2)cc1. The summed E-state index contributed by atoms with van der Waals surface area (Å²) in [5.41, 5.74) is 1.56. The van der Waals surface area contributed by atoms with Crippen LogP contribution in [0.25, 0.3) is 0 Å². The largest absolute Gasteiger partial charge is 0.497 e. The van der Waals surface area contributed by atoms with E-state index in [0.29, 0.717) is 11.8 Å². The van der Waals surface area contributed by atoms with Crippen LogP contribution in [0.5, 0.6) is 5.75 Å². The molecule has 0 aliphatic carbocycles. The number of anilines is 3. The van der Waals surface area contributed by atoms with Gasteiger partial charge in [0, 0.05) is 30.5 Å². The van der Waals surface area contributed by atoms with Gasteiger partial charge in [-0.3, -0.25) is 0 Å². The molecule has 0 unspecified atom stereocenters. The van der Waals surface area contributed by atoms with Gasteiger partial charge in [0.25, 0.3) is 0 Å². The molecule has 11 heteroatoms. The van der Waals surface area contributed by atoms with Crippen molar-refractivity contribution in [3.05, 3.63) is 65.1 Å². The third kappa shape index (κ3) is 6.27. The minimum absolute atomic E-state index is 0.0653. The van der Waals surface area contributed by atoms with Crippen molar-refractivity contribution in [1.29, 1.82) is 0 Å². The minimum Gasteiger partial charge on any atom is -0.497 e. The summed E-state index contributed by atoms with van der Waals surface area (Å²) in [7, 11) is -2.22. The van der Waals surface area contributed by atoms with Crippen molar-refractivity contribution in [3.63, 3.8) is 0 Å². The summed E-state index contributed by atoms with van der Waals surface area (Å²) in [6.07, 6.45) is 0. The Morgan fingerprint density at radius 3 is 2.48 bits per heavy atom. The van der Waals surface area contributed by atoms with Gasteiger partial charge in [0.15, 0.2) is 0 Å². The topological polar surface area (TPSA) is 105 Å². The van der Waals surface area contributed by atoms with Gasteiger partial charge in [-0.1, -0.05) is 11.6 Å². The standard InChI is InChI=1S/C20H21ClFN5O3S/c1-13-11-19(26-14-3-5-15(30-2)6-4-14)27-20(25-13)23-9-10-24-31(28,29)16-7-8-18(22)17(21)12-16/h3-8,11-12,24H,9-10H2,1-2H3,(H2,23,25,26,27). The lowest BCUT2D eigenvalue weighted by Crippen LogP contribution is -2.29. The Morgan fingerprint density at radius 1 is 1.06 bits per heavy atom. The molecular weight excluding hydrogens is 445 g/mol. The van der Waals surface area contributed by atoms with E-state index in [-0.39, 0.29) is 23.0 Å². The van der Waals surface area contributed by atoms with E-state index in [9.17, 15) is 12.8 Å². The first-order valence-corrected chi connectivity index (χ1v) is 11.1. The van der Waals surface area contributed by atoms with Crippen LogP contribution in [0.15, 0.2) is 53.4 Å². The fourth-order valence-electron chi connectivity index (χ4n) is 2.62. The maximum Gasteiger partial charge on any atom is 0.240 e. The predicted octanol–water partition coefficient (Wildman–Crippen LogP) is 3.72. The van der Waals surface area contributed by atoms with Crippen LogP contribution in [0.4, 0.5) is 21.8 Å². The predicted molar refractivity (Wildman–Crippen MR) is 118 cm³/mol. The molecule has 8 nitrogen and oxygen atoms in total. The Hall–Kier alpha value is -2.95. The fourth-order valence-corrected chi connectivity index (χ4v) is 3.92. The Labute approximate surface area is 184 Å². The van der Waals surface area contributed by atoms with Gasteiger partial charge in [0.2, 0.25) is 16.0 Å². The highest BCUT2D eigenvalue weighted by molar-refractivity contribution is 7.89. The van der Waals surface area contributed by atoms with Crippen molar-refractivity contribution in [2.45, 2.75) is 11.8 Å². The van der Waals surface area contributed by atoms with Crippen molar-refractivity contribution in [3.8, 4) is 5.75 Å². The number of hydrogen-bond donors (Lipinski definition) is 3. The van der Waals surface area contributed by atoms with Crippen molar-refractivity contribution >= 4 is 39.1 Å². The Bertz CT molecular complexity index is 1160. The number of benzene rings is 2. The first-order valence-electron chi connectivity index (χ1n) is 9.22. The number of nitrogens with zero attached hydrogens (tertiary/aromatic N) is 2. The molecule has 0 spiro atoms. The number of aromatic nitrogens is 2. The molecule has 0 radical (unpaired) electrons. The highest BCUT2D eigenvalue weighted by Gasteiger charge is 2.15. The highest BCUT2D eigenvalue weighted by atomic mass is 35.5. The van der Waals surface area contributed by atoms with Gasteiger partial charge in [0.05, 0.1) is 17.0 Å². The highest BCUT2D eigenvalue weighted by Crippen LogP contribution is 2.20. The monoisotopic (exact) mass is 465 g/mol.